The van der Waals surface area contributed by atoms with Gasteiger partial charge in [-0.05, 0) is 37.3 Å². The summed E-state index contributed by atoms with van der Waals surface area (Å²) in [5.41, 5.74) is 2.56. The molecule has 0 saturated carbocycles. The van der Waals surface area contributed by atoms with Crippen molar-refractivity contribution in [2.75, 3.05) is 0 Å². The van der Waals surface area contributed by atoms with Crippen molar-refractivity contribution in [1.29, 1.82) is 0 Å². The van der Waals surface area contributed by atoms with E-state index in [0.717, 1.165) is 19.3 Å². The molecule has 2 rings (SSSR count). The zero-order valence-corrected chi connectivity index (χ0v) is 12.2. The highest BCUT2D eigenvalue weighted by molar-refractivity contribution is 5.66. The lowest BCUT2D eigenvalue weighted by atomic mass is 10.0. The third-order valence-electron chi connectivity index (χ3n) is 3.41. The van der Waals surface area contributed by atoms with Crippen LogP contribution in [0.2, 0.25) is 0 Å². The average Bonchev–Trinajstić information content (AvgIpc) is 2.90. The van der Waals surface area contributed by atoms with E-state index in [2.05, 4.69) is 29.3 Å². The fourth-order valence-electron chi connectivity index (χ4n) is 2.18. The number of aromatic nitrogens is 2. The Hall–Kier alpha value is -2.17. The van der Waals surface area contributed by atoms with E-state index in [1.807, 2.05) is 12.1 Å². The number of hydrogen-bond acceptors (Lipinski definition) is 4. The summed E-state index contributed by atoms with van der Waals surface area (Å²) in [4.78, 5) is 10.4. The number of nitrogens with zero attached hydrogens (tertiary/aromatic N) is 2. The van der Waals surface area contributed by atoms with Crippen molar-refractivity contribution in [3.8, 4) is 0 Å². The zero-order valence-electron chi connectivity index (χ0n) is 12.2. The number of aliphatic carboxylic acids is 1. The van der Waals surface area contributed by atoms with Gasteiger partial charge in [0.15, 0.2) is 0 Å². The molecule has 0 spiro atoms. The molecule has 0 radical (unpaired) electrons. The largest absolute Gasteiger partial charge is 0.481 e. The van der Waals surface area contributed by atoms with E-state index in [4.69, 9.17) is 9.52 Å². The molecule has 0 aliphatic carbocycles. The summed E-state index contributed by atoms with van der Waals surface area (Å²) in [6.45, 7) is 2.09. The average molecular weight is 288 g/mol. The number of carboxylic acid groups (broad SMARTS) is 1. The molecular formula is C16H20N2O3. The van der Waals surface area contributed by atoms with Gasteiger partial charge in [-0.3, -0.25) is 4.79 Å². The van der Waals surface area contributed by atoms with Crippen LogP contribution in [0.3, 0.4) is 0 Å². The molecule has 5 nitrogen and oxygen atoms in total. The molecule has 0 amide bonds. The van der Waals surface area contributed by atoms with Gasteiger partial charge in [0, 0.05) is 19.3 Å². The van der Waals surface area contributed by atoms with E-state index in [1.54, 1.807) is 0 Å². The predicted octanol–water partition coefficient (Wildman–Crippen LogP) is 2.96. The normalized spacial score (nSPS) is 10.7. The maximum absolute atomic E-state index is 10.4. The quantitative estimate of drug-likeness (QED) is 0.756. The van der Waals surface area contributed by atoms with E-state index in [-0.39, 0.29) is 6.42 Å². The summed E-state index contributed by atoms with van der Waals surface area (Å²) in [7, 11) is 0. The van der Waals surface area contributed by atoms with Gasteiger partial charge >= 0.3 is 5.97 Å². The van der Waals surface area contributed by atoms with Crippen LogP contribution in [0.4, 0.5) is 0 Å². The van der Waals surface area contributed by atoms with E-state index in [1.165, 1.54) is 11.1 Å². The summed E-state index contributed by atoms with van der Waals surface area (Å²) < 4.78 is 5.58. The second-order valence-electron chi connectivity index (χ2n) is 5.12. The number of carboxylic acids is 1. The van der Waals surface area contributed by atoms with Crippen molar-refractivity contribution in [2.24, 2.45) is 0 Å². The van der Waals surface area contributed by atoms with Crippen LogP contribution in [0.1, 0.15) is 42.2 Å². The third-order valence-corrected chi connectivity index (χ3v) is 3.41. The van der Waals surface area contributed by atoms with Crippen LogP contribution >= 0.6 is 0 Å². The van der Waals surface area contributed by atoms with Crippen LogP contribution in [0.5, 0.6) is 0 Å². The summed E-state index contributed by atoms with van der Waals surface area (Å²) >= 11 is 0. The molecule has 1 aromatic carbocycles. The van der Waals surface area contributed by atoms with Gasteiger partial charge in [-0.15, -0.1) is 10.2 Å². The lowest BCUT2D eigenvalue weighted by Crippen LogP contribution is -1.95. The summed E-state index contributed by atoms with van der Waals surface area (Å²) in [5, 5.41) is 16.6. The second kappa shape index (κ2) is 7.57. The Labute approximate surface area is 124 Å². The molecule has 112 valence electrons. The first kappa shape index (κ1) is 15.2. The van der Waals surface area contributed by atoms with Crippen molar-refractivity contribution < 1.29 is 14.3 Å². The smallest absolute Gasteiger partial charge is 0.303 e. The topological polar surface area (TPSA) is 76.2 Å². The minimum atomic E-state index is -0.764. The van der Waals surface area contributed by atoms with Crippen molar-refractivity contribution in [3.63, 3.8) is 0 Å². The van der Waals surface area contributed by atoms with Crippen molar-refractivity contribution >= 4 is 5.97 Å². The Morgan fingerprint density at radius 2 is 1.81 bits per heavy atom. The number of hydrogen-bond donors (Lipinski definition) is 1. The first-order valence-corrected chi connectivity index (χ1v) is 7.22. The monoisotopic (exact) mass is 288 g/mol. The van der Waals surface area contributed by atoms with Crippen LogP contribution in [0.15, 0.2) is 28.7 Å². The second-order valence-corrected chi connectivity index (χ2v) is 5.12. The van der Waals surface area contributed by atoms with Gasteiger partial charge in [-0.2, -0.15) is 0 Å². The SMILES string of the molecule is Cc1ccccc1CCc1nnc(CCCCC(=O)O)o1. The molecule has 0 fully saturated rings. The van der Waals surface area contributed by atoms with Gasteiger partial charge in [0.1, 0.15) is 0 Å². The molecule has 1 N–H and O–H groups in total. The molecule has 0 bridgehead atoms. The van der Waals surface area contributed by atoms with E-state index in [9.17, 15) is 4.79 Å². The van der Waals surface area contributed by atoms with Crippen LogP contribution in [0.25, 0.3) is 0 Å². The Morgan fingerprint density at radius 1 is 1.10 bits per heavy atom. The minimum absolute atomic E-state index is 0.189. The highest BCUT2D eigenvalue weighted by Gasteiger charge is 2.07. The van der Waals surface area contributed by atoms with E-state index in [0.29, 0.717) is 24.6 Å². The van der Waals surface area contributed by atoms with Crippen LogP contribution in [0, 0.1) is 6.92 Å². The van der Waals surface area contributed by atoms with Crippen molar-refractivity contribution in [2.45, 2.75) is 45.4 Å². The van der Waals surface area contributed by atoms with E-state index >= 15 is 0 Å². The first-order valence-electron chi connectivity index (χ1n) is 7.22. The van der Waals surface area contributed by atoms with Gasteiger partial charge in [0.2, 0.25) is 11.8 Å². The zero-order chi connectivity index (χ0) is 15.1. The highest BCUT2D eigenvalue weighted by atomic mass is 16.4. The van der Waals surface area contributed by atoms with Gasteiger partial charge in [-0.1, -0.05) is 24.3 Å². The number of rotatable bonds is 8. The van der Waals surface area contributed by atoms with Crippen LogP contribution in [-0.2, 0) is 24.1 Å². The minimum Gasteiger partial charge on any atom is -0.481 e. The Morgan fingerprint density at radius 3 is 2.52 bits per heavy atom. The molecule has 1 heterocycles. The molecule has 0 atom stereocenters. The van der Waals surface area contributed by atoms with E-state index < -0.39 is 5.97 Å². The molecule has 0 saturated heterocycles. The van der Waals surface area contributed by atoms with Crippen molar-refractivity contribution in [3.05, 3.63) is 47.2 Å². The molecule has 21 heavy (non-hydrogen) atoms. The van der Waals surface area contributed by atoms with Gasteiger partial charge < -0.3 is 9.52 Å². The number of unbranched alkanes of at least 4 members (excludes halogenated alkanes) is 1. The molecule has 0 unspecified atom stereocenters. The van der Waals surface area contributed by atoms with Gasteiger partial charge in [0.05, 0.1) is 0 Å². The van der Waals surface area contributed by atoms with Crippen molar-refractivity contribution in [1.82, 2.24) is 10.2 Å². The molecular weight excluding hydrogens is 268 g/mol. The molecule has 0 aliphatic rings. The van der Waals surface area contributed by atoms with Crippen LogP contribution < -0.4 is 0 Å². The Balaban J connectivity index is 1.78. The van der Waals surface area contributed by atoms with Gasteiger partial charge in [-0.25, -0.2) is 0 Å². The lowest BCUT2D eigenvalue weighted by molar-refractivity contribution is -0.137. The maximum Gasteiger partial charge on any atom is 0.303 e. The third kappa shape index (κ3) is 5.02. The highest BCUT2D eigenvalue weighted by Crippen LogP contribution is 2.12. The standard InChI is InChI=1S/C16H20N2O3/c1-12-6-2-3-7-13(12)10-11-15-18-17-14(21-15)8-4-5-9-16(19)20/h2-3,6-7H,4-5,8-11H2,1H3,(H,19,20). The number of carbonyl (C=O) groups is 1. The fraction of sp³-hybridized carbons (Fsp3) is 0.438. The maximum atomic E-state index is 10.4. The fourth-order valence-corrected chi connectivity index (χ4v) is 2.18. The predicted molar refractivity (Wildman–Crippen MR) is 78.1 cm³/mol. The Bertz CT molecular complexity index is 593. The molecule has 1 aromatic heterocycles. The molecule has 5 heteroatoms. The molecule has 2 aromatic rings. The Kier molecular flexibility index (Phi) is 5.49. The van der Waals surface area contributed by atoms with Crippen LogP contribution in [-0.4, -0.2) is 21.3 Å². The number of aryl methyl sites for hydroxylation is 4. The lowest BCUT2D eigenvalue weighted by Gasteiger charge is -2.02. The summed E-state index contributed by atoms with van der Waals surface area (Å²) in [6.07, 6.45) is 3.83. The first-order chi connectivity index (χ1) is 10.1. The molecule has 0 aliphatic heterocycles. The number of benzene rings is 1. The summed E-state index contributed by atoms with van der Waals surface area (Å²) in [5.74, 6) is 0.478. The summed E-state index contributed by atoms with van der Waals surface area (Å²) in [6, 6.07) is 8.26. The van der Waals surface area contributed by atoms with Gasteiger partial charge in [0.25, 0.3) is 0 Å².